The first-order valence-electron chi connectivity index (χ1n) is 5.32. The minimum atomic E-state index is -0.266. The number of halogens is 1. The molecule has 0 unspecified atom stereocenters. The van der Waals surface area contributed by atoms with Gasteiger partial charge in [0.15, 0.2) is 0 Å². The van der Waals surface area contributed by atoms with E-state index in [0.29, 0.717) is 0 Å². The molecule has 0 bridgehead atoms. The summed E-state index contributed by atoms with van der Waals surface area (Å²) in [4.78, 5) is 18.5. The summed E-state index contributed by atoms with van der Waals surface area (Å²) in [5.41, 5.74) is 4.28. The molecule has 0 aliphatic rings. The van der Waals surface area contributed by atoms with Gasteiger partial charge in [0.25, 0.3) is 5.56 Å². The van der Waals surface area contributed by atoms with Crippen LogP contribution in [0.5, 0.6) is 0 Å². The molecule has 0 atom stereocenters. The Balaban J connectivity index is 2.68. The first-order valence-corrected chi connectivity index (χ1v) is 5.70. The maximum Gasteiger partial charge on any atom is 0.266 e. The molecule has 0 saturated carbocycles. The summed E-state index contributed by atoms with van der Waals surface area (Å²) in [5.74, 6) is 0. The van der Waals surface area contributed by atoms with E-state index in [9.17, 15) is 4.79 Å². The molecule has 88 valence electrons. The second kappa shape index (κ2) is 4.34. The van der Waals surface area contributed by atoms with E-state index in [4.69, 9.17) is 11.6 Å². The second-order valence-corrected chi connectivity index (χ2v) is 4.56. The molecular weight excluding hydrogens is 236 g/mol. The Morgan fingerprint density at radius 2 is 1.88 bits per heavy atom. The van der Waals surface area contributed by atoms with Crippen molar-refractivity contribution >= 4 is 11.6 Å². The maximum absolute atomic E-state index is 11.3. The highest BCUT2D eigenvalue weighted by atomic mass is 35.5. The zero-order chi connectivity index (χ0) is 12.6. The normalized spacial score (nSPS) is 10.6. The van der Waals surface area contributed by atoms with Crippen molar-refractivity contribution in [1.82, 2.24) is 9.97 Å². The van der Waals surface area contributed by atoms with Crippen LogP contribution in [0.1, 0.15) is 17.0 Å². The van der Waals surface area contributed by atoms with Crippen LogP contribution in [0, 0.1) is 20.8 Å². The maximum atomic E-state index is 11.3. The van der Waals surface area contributed by atoms with Gasteiger partial charge in [-0.05, 0) is 44.5 Å². The first kappa shape index (κ1) is 11.9. The highest BCUT2D eigenvalue weighted by Crippen LogP contribution is 2.22. The van der Waals surface area contributed by atoms with E-state index in [1.807, 2.05) is 32.9 Å². The van der Waals surface area contributed by atoms with Gasteiger partial charge in [0.05, 0.1) is 5.69 Å². The van der Waals surface area contributed by atoms with E-state index < -0.39 is 0 Å². The number of hydrogen-bond acceptors (Lipinski definition) is 2. The molecule has 0 aromatic carbocycles. The number of aromatic nitrogens is 2. The van der Waals surface area contributed by atoms with Crippen molar-refractivity contribution in [3.05, 3.63) is 50.5 Å². The van der Waals surface area contributed by atoms with E-state index in [1.165, 1.54) is 0 Å². The second-order valence-electron chi connectivity index (χ2n) is 4.16. The molecule has 2 rings (SSSR count). The number of pyridine rings is 2. The third kappa shape index (κ3) is 2.39. The van der Waals surface area contributed by atoms with Gasteiger partial charge in [-0.15, -0.1) is 0 Å². The molecule has 0 amide bonds. The predicted molar refractivity (Wildman–Crippen MR) is 69.5 cm³/mol. The number of aromatic amines is 1. The van der Waals surface area contributed by atoms with Crippen LogP contribution in [0.4, 0.5) is 0 Å². The van der Waals surface area contributed by atoms with E-state index in [2.05, 4.69) is 9.97 Å². The van der Waals surface area contributed by atoms with Crippen LogP contribution in [-0.2, 0) is 0 Å². The SMILES string of the molecule is Cc1cc(C)nc(-c2cc(Cl)c(=O)[nH]c2C)c1. The Hall–Kier alpha value is -1.61. The summed E-state index contributed by atoms with van der Waals surface area (Å²) in [5, 5.41) is 0.187. The molecule has 0 radical (unpaired) electrons. The number of nitrogens with zero attached hydrogens (tertiary/aromatic N) is 1. The fraction of sp³-hybridized carbons (Fsp3) is 0.231. The van der Waals surface area contributed by atoms with E-state index in [1.54, 1.807) is 6.07 Å². The van der Waals surface area contributed by atoms with Crippen molar-refractivity contribution in [2.24, 2.45) is 0 Å². The van der Waals surface area contributed by atoms with Crippen LogP contribution in [0.3, 0.4) is 0 Å². The summed E-state index contributed by atoms with van der Waals surface area (Å²) >= 11 is 5.84. The lowest BCUT2D eigenvalue weighted by molar-refractivity contribution is 1.12. The molecule has 1 N–H and O–H groups in total. The molecule has 17 heavy (non-hydrogen) atoms. The first-order chi connectivity index (χ1) is 7.97. The monoisotopic (exact) mass is 248 g/mol. The lowest BCUT2D eigenvalue weighted by atomic mass is 10.1. The molecule has 0 aliphatic carbocycles. The van der Waals surface area contributed by atoms with Crippen LogP contribution in [0.2, 0.25) is 5.02 Å². The van der Waals surface area contributed by atoms with Crippen LogP contribution in [0.15, 0.2) is 23.0 Å². The Bertz CT molecular complexity index is 612. The molecule has 0 spiro atoms. The molecule has 0 saturated heterocycles. The number of nitrogens with one attached hydrogen (secondary N) is 1. The molecule has 2 aromatic rings. The smallest absolute Gasteiger partial charge is 0.266 e. The predicted octanol–water partition coefficient (Wildman–Crippen LogP) is 3.02. The number of aryl methyl sites for hydroxylation is 3. The molecule has 3 nitrogen and oxygen atoms in total. The van der Waals surface area contributed by atoms with Crippen molar-refractivity contribution in [1.29, 1.82) is 0 Å². The average molecular weight is 249 g/mol. The van der Waals surface area contributed by atoms with E-state index >= 15 is 0 Å². The Kier molecular flexibility index (Phi) is 3.03. The van der Waals surface area contributed by atoms with Crippen LogP contribution >= 0.6 is 11.6 Å². The molecule has 0 aliphatic heterocycles. The Labute approximate surface area is 104 Å². The van der Waals surface area contributed by atoms with Gasteiger partial charge in [-0.1, -0.05) is 11.6 Å². The molecule has 0 fully saturated rings. The summed E-state index contributed by atoms with van der Waals surface area (Å²) in [6.45, 7) is 5.80. The minimum Gasteiger partial charge on any atom is -0.325 e. The van der Waals surface area contributed by atoms with Gasteiger partial charge in [-0.2, -0.15) is 0 Å². The highest BCUT2D eigenvalue weighted by molar-refractivity contribution is 6.30. The fourth-order valence-electron chi connectivity index (χ4n) is 1.84. The molecule has 2 aromatic heterocycles. The quantitative estimate of drug-likeness (QED) is 0.843. The molecule has 2 heterocycles. The minimum absolute atomic E-state index is 0.187. The number of rotatable bonds is 1. The van der Waals surface area contributed by atoms with E-state index in [0.717, 1.165) is 28.2 Å². The van der Waals surface area contributed by atoms with Gasteiger partial charge in [0.1, 0.15) is 5.02 Å². The van der Waals surface area contributed by atoms with Gasteiger partial charge in [-0.25, -0.2) is 0 Å². The standard InChI is InChI=1S/C13H13ClN2O/c1-7-4-8(2)15-12(5-7)10-6-11(14)13(17)16-9(10)3/h4-6H,1-3H3,(H,16,17). The lowest BCUT2D eigenvalue weighted by Crippen LogP contribution is -2.08. The summed E-state index contributed by atoms with van der Waals surface area (Å²) in [6.07, 6.45) is 0. The summed E-state index contributed by atoms with van der Waals surface area (Å²) < 4.78 is 0. The van der Waals surface area contributed by atoms with Crippen LogP contribution < -0.4 is 5.56 Å². The highest BCUT2D eigenvalue weighted by Gasteiger charge is 2.08. The zero-order valence-electron chi connectivity index (χ0n) is 9.97. The number of hydrogen-bond donors (Lipinski definition) is 1. The third-order valence-electron chi connectivity index (χ3n) is 2.57. The Morgan fingerprint density at radius 1 is 1.18 bits per heavy atom. The number of H-pyrrole nitrogens is 1. The lowest BCUT2D eigenvalue weighted by Gasteiger charge is -2.07. The van der Waals surface area contributed by atoms with Crippen LogP contribution in [-0.4, -0.2) is 9.97 Å². The van der Waals surface area contributed by atoms with Crippen molar-refractivity contribution in [3.63, 3.8) is 0 Å². The third-order valence-corrected chi connectivity index (χ3v) is 2.85. The van der Waals surface area contributed by atoms with Gasteiger partial charge >= 0.3 is 0 Å². The molecule has 4 heteroatoms. The molecular formula is C13H13ClN2O. The largest absolute Gasteiger partial charge is 0.325 e. The zero-order valence-corrected chi connectivity index (χ0v) is 10.7. The van der Waals surface area contributed by atoms with Crippen molar-refractivity contribution in [2.45, 2.75) is 20.8 Å². The fourth-order valence-corrected chi connectivity index (χ4v) is 2.00. The average Bonchev–Trinajstić information content (AvgIpc) is 2.22. The topological polar surface area (TPSA) is 45.8 Å². The van der Waals surface area contributed by atoms with Gasteiger partial charge in [0.2, 0.25) is 0 Å². The van der Waals surface area contributed by atoms with Crippen molar-refractivity contribution < 1.29 is 0 Å². The van der Waals surface area contributed by atoms with Gasteiger partial charge in [-0.3, -0.25) is 9.78 Å². The summed E-state index contributed by atoms with van der Waals surface area (Å²) in [7, 11) is 0. The van der Waals surface area contributed by atoms with Gasteiger partial charge in [0, 0.05) is 17.0 Å². The Morgan fingerprint density at radius 3 is 2.53 bits per heavy atom. The van der Waals surface area contributed by atoms with Crippen LogP contribution in [0.25, 0.3) is 11.3 Å². The summed E-state index contributed by atoms with van der Waals surface area (Å²) in [6, 6.07) is 5.65. The van der Waals surface area contributed by atoms with Crippen molar-refractivity contribution in [3.8, 4) is 11.3 Å². The van der Waals surface area contributed by atoms with Gasteiger partial charge < -0.3 is 4.98 Å². The van der Waals surface area contributed by atoms with Crippen molar-refractivity contribution in [2.75, 3.05) is 0 Å². The van der Waals surface area contributed by atoms with E-state index in [-0.39, 0.29) is 10.6 Å².